The Bertz CT molecular complexity index is 718. The molecule has 1 N–H and O–H groups in total. The second-order valence-electron chi connectivity index (χ2n) is 7.95. The Kier molecular flexibility index (Phi) is 11.4. The number of nitrogens with zero attached hydrogens (tertiary/aromatic N) is 1. The summed E-state index contributed by atoms with van der Waals surface area (Å²) in [5.41, 5.74) is 1.07. The number of benzene rings is 1. The van der Waals surface area contributed by atoms with E-state index in [1.807, 2.05) is 17.0 Å². The van der Waals surface area contributed by atoms with Crippen molar-refractivity contribution in [3.05, 3.63) is 17.7 Å². The molecule has 0 aliphatic carbocycles. The Hall–Kier alpha value is -2.22. The van der Waals surface area contributed by atoms with Gasteiger partial charge in [0, 0.05) is 13.1 Å². The van der Waals surface area contributed by atoms with Gasteiger partial charge in [0.05, 0.1) is 27.9 Å². The Morgan fingerprint density at radius 3 is 2.44 bits per heavy atom. The van der Waals surface area contributed by atoms with Gasteiger partial charge in [0.1, 0.15) is 6.04 Å². The molecule has 1 heterocycles. The van der Waals surface area contributed by atoms with Gasteiger partial charge in [-0.2, -0.15) is 0 Å². The van der Waals surface area contributed by atoms with Crippen molar-refractivity contribution in [2.24, 2.45) is 0 Å². The molecule has 0 spiro atoms. The van der Waals surface area contributed by atoms with Gasteiger partial charge in [0.15, 0.2) is 16.5 Å². The van der Waals surface area contributed by atoms with Crippen LogP contribution in [0.3, 0.4) is 0 Å². The molecule has 0 radical (unpaired) electrons. The number of carbonyl (C=O) groups is 1. The number of likely N-dealkylation sites (tertiary alicyclic amines) is 1. The molecule has 1 atom stereocenters. The van der Waals surface area contributed by atoms with Crippen LogP contribution in [0, 0.1) is 0 Å². The fourth-order valence-electron chi connectivity index (χ4n) is 3.93. The van der Waals surface area contributed by atoms with Crippen molar-refractivity contribution in [1.82, 2.24) is 10.2 Å². The average Bonchev–Trinajstić information content (AvgIpc) is 3.31. The van der Waals surface area contributed by atoms with Gasteiger partial charge in [0.25, 0.3) is 0 Å². The minimum atomic E-state index is -0.123. The van der Waals surface area contributed by atoms with E-state index in [4.69, 9.17) is 31.2 Å². The van der Waals surface area contributed by atoms with E-state index in [1.165, 1.54) is 12.8 Å². The van der Waals surface area contributed by atoms with Crippen LogP contribution in [0.25, 0.3) is 0 Å². The van der Waals surface area contributed by atoms with Gasteiger partial charge in [-0.25, -0.2) is 4.79 Å². The van der Waals surface area contributed by atoms with Gasteiger partial charge in [0.2, 0.25) is 5.75 Å². The van der Waals surface area contributed by atoms with E-state index in [1.54, 1.807) is 21.3 Å². The fourth-order valence-corrected chi connectivity index (χ4v) is 4.26. The molecule has 0 saturated carbocycles. The lowest BCUT2D eigenvalue weighted by molar-refractivity contribution is 0.194. The first-order valence-electron chi connectivity index (χ1n) is 11.6. The Balaban J connectivity index is 1.79. The third-order valence-electron chi connectivity index (χ3n) is 5.67. The molecule has 1 saturated heterocycles. The molecule has 2 rings (SSSR count). The summed E-state index contributed by atoms with van der Waals surface area (Å²) >= 11 is 5.52. The number of thiocarbonyl (C=S) groups is 1. The number of nitrogens with one attached hydrogen (secondary N) is 1. The highest BCUT2D eigenvalue weighted by molar-refractivity contribution is 7.80. The summed E-state index contributed by atoms with van der Waals surface area (Å²) in [6.45, 7) is 4.11. The first kappa shape index (κ1) is 26.0. The molecule has 1 aromatic rings. The first-order valence-corrected chi connectivity index (χ1v) is 12.0. The van der Waals surface area contributed by atoms with Crippen LogP contribution in [-0.2, 0) is 11.2 Å². The predicted molar refractivity (Wildman–Crippen MR) is 130 cm³/mol. The molecule has 1 fully saturated rings. The van der Waals surface area contributed by atoms with Gasteiger partial charge in [-0.1, -0.05) is 26.2 Å². The molecule has 7 nitrogen and oxygen atoms in total. The molecule has 1 aliphatic heterocycles. The van der Waals surface area contributed by atoms with Crippen LogP contribution in [0.4, 0.5) is 4.79 Å². The summed E-state index contributed by atoms with van der Waals surface area (Å²) in [6, 6.07) is 3.74. The topological polar surface area (TPSA) is 69.3 Å². The molecule has 0 aromatic heterocycles. The summed E-state index contributed by atoms with van der Waals surface area (Å²) < 4.78 is 22.1. The lowest BCUT2D eigenvalue weighted by atomic mass is 10.1. The Morgan fingerprint density at radius 1 is 1.09 bits per heavy atom. The third kappa shape index (κ3) is 7.43. The highest BCUT2D eigenvalue weighted by Gasteiger charge is 2.32. The van der Waals surface area contributed by atoms with E-state index < -0.39 is 0 Å². The zero-order valence-corrected chi connectivity index (χ0v) is 20.7. The van der Waals surface area contributed by atoms with Crippen molar-refractivity contribution in [3.8, 4) is 17.2 Å². The number of ether oxygens (including phenoxy) is 4. The number of hydrogen-bond donors (Lipinski definition) is 1. The minimum Gasteiger partial charge on any atom is -0.493 e. The predicted octanol–water partition coefficient (Wildman–Crippen LogP) is 4.74. The summed E-state index contributed by atoms with van der Waals surface area (Å²) in [6.07, 6.45) is 7.93. The summed E-state index contributed by atoms with van der Waals surface area (Å²) in [4.78, 5) is 14.4. The monoisotopic (exact) mass is 466 g/mol. The third-order valence-corrected chi connectivity index (χ3v) is 6.06. The van der Waals surface area contributed by atoms with Crippen molar-refractivity contribution in [3.63, 3.8) is 0 Å². The number of urea groups is 1. The van der Waals surface area contributed by atoms with Crippen LogP contribution < -0.4 is 19.5 Å². The number of rotatable bonds is 13. The maximum atomic E-state index is 12.5. The quantitative estimate of drug-likeness (QED) is 0.334. The molecule has 8 heteroatoms. The molecule has 180 valence electrons. The van der Waals surface area contributed by atoms with Crippen molar-refractivity contribution in [1.29, 1.82) is 0 Å². The second-order valence-corrected chi connectivity index (χ2v) is 8.35. The fraction of sp³-hybridized carbons (Fsp3) is 0.667. The van der Waals surface area contributed by atoms with E-state index in [0.717, 1.165) is 50.6 Å². The van der Waals surface area contributed by atoms with Crippen LogP contribution in [-0.4, -0.2) is 63.0 Å². The van der Waals surface area contributed by atoms with Crippen LogP contribution >= 0.6 is 12.2 Å². The van der Waals surface area contributed by atoms with Crippen LogP contribution in [0.15, 0.2) is 12.1 Å². The molecule has 1 aliphatic rings. The number of carbonyl (C=O) groups excluding carboxylic acids is 1. The number of hydrogen-bond acceptors (Lipinski definition) is 6. The molecular weight excluding hydrogens is 428 g/mol. The van der Waals surface area contributed by atoms with Crippen LogP contribution in [0.5, 0.6) is 17.2 Å². The van der Waals surface area contributed by atoms with Crippen LogP contribution in [0.2, 0.25) is 0 Å². The van der Waals surface area contributed by atoms with Gasteiger partial charge in [-0.05, 0) is 62.0 Å². The number of amides is 2. The van der Waals surface area contributed by atoms with E-state index in [2.05, 4.69) is 12.2 Å². The van der Waals surface area contributed by atoms with Crippen molar-refractivity contribution < 1.29 is 23.7 Å². The highest BCUT2D eigenvalue weighted by atomic mass is 32.1. The standard InChI is InChI=1S/C24H38N2O5S/c1-5-6-7-8-13-25-24(27)26-14-9-12-19(26)23(32)31-15-10-11-18-16-20(28-2)22(30-4)21(17-18)29-3/h16-17,19H,5-15H2,1-4H3,(H,25,27)/t19-/m0/s1. The minimum absolute atomic E-state index is 0.0348. The maximum absolute atomic E-state index is 12.5. The Morgan fingerprint density at radius 2 is 1.81 bits per heavy atom. The van der Waals surface area contributed by atoms with E-state index >= 15 is 0 Å². The summed E-state index contributed by atoms with van der Waals surface area (Å²) in [5.74, 6) is 1.86. The zero-order valence-electron chi connectivity index (χ0n) is 19.9. The zero-order chi connectivity index (χ0) is 23.3. The summed E-state index contributed by atoms with van der Waals surface area (Å²) in [7, 11) is 4.81. The summed E-state index contributed by atoms with van der Waals surface area (Å²) in [5, 5.41) is 3.53. The van der Waals surface area contributed by atoms with Gasteiger partial charge < -0.3 is 29.2 Å². The molecule has 0 unspecified atom stereocenters. The number of aryl methyl sites for hydroxylation is 1. The SMILES string of the molecule is CCCCCCNC(=O)N1CCC[C@H]1C(=S)OCCCc1cc(OC)c(OC)c(OC)c1. The van der Waals surface area contributed by atoms with Gasteiger partial charge >= 0.3 is 6.03 Å². The van der Waals surface area contributed by atoms with E-state index in [0.29, 0.717) is 35.5 Å². The second kappa shape index (κ2) is 14.0. The normalized spacial score (nSPS) is 15.4. The van der Waals surface area contributed by atoms with Crippen LogP contribution in [0.1, 0.15) is 57.4 Å². The van der Waals surface area contributed by atoms with Crippen molar-refractivity contribution in [2.75, 3.05) is 41.0 Å². The highest BCUT2D eigenvalue weighted by Crippen LogP contribution is 2.38. The van der Waals surface area contributed by atoms with Crippen molar-refractivity contribution in [2.45, 2.75) is 64.3 Å². The largest absolute Gasteiger partial charge is 0.493 e. The first-order chi connectivity index (χ1) is 15.5. The molecule has 32 heavy (non-hydrogen) atoms. The lowest BCUT2D eigenvalue weighted by Gasteiger charge is -2.25. The van der Waals surface area contributed by atoms with E-state index in [-0.39, 0.29) is 12.1 Å². The maximum Gasteiger partial charge on any atom is 0.318 e. The lowest BCUT2D eigenvalue weighted by Crippen LogP contribution is -2.46. The molecule has 1 aromatic carbocycles. The van der Waals surface area contributed by atoms with Gasteiger partial charge in [-0.15, -0.1) is 0 Å². The molecular formula is C24H38N2O5S. The smallest absolute Gasteiger partial charge is 0.318 e. The Labute approximate surface area is 197 Å². The van der Waals surface area contributed by atoms with Gasteiger partial charge in [-0.3, -0.25) is 0 Å². The number of methoxy groups -OCH3 is 3. The average molecular weight is 467 g/mol. The van der Waals surface area contributed by atoms with Crippen molar-refractivity contribution >= 4 is 23.3 Å². The molecule has 0 bridgehead atoms. The number of unbranched alkanes of at least 4 members (excludes halogenated alkanes) is 3. The molecule has 2 amide bonds. The van der Waals surface area contributed by atoms with E-state index in [9.17, 15) is 4.79 Å².